The summed E-state index contributed by atoms with van der Waals surface area (Å²) in [5, 5.41) is 8.48. The van der Waals surface area contributed by atoms with Gasteiger partial charge < -0.3 is 24.3 Å². The Balaban J connectivity index is 0.00000149. The molecule has 180 valence electrons. The van der Waals surface area contributed by atoms with Gasteiger partial charge in [0.25, 0.3) is 0 Å². The molecule has 1 spiro atoms. The number of aliphatic hydroxyl groups is 1. The number of hydrogen-bond acceptors (Lipinski definition) is 5. The van der Waals surface area contributed by atoms with Crippen LogP contribution in [0.2, 0.25) is 15.1 Å². The monoisotopic (exact) mass is 513 g/mol. The van der Waals surface area contributed by atoms with Gasteiger partial charge in [0.2, 0.25) is 0 Å². The van der Waals surface area contributed by atoms with Crippen molar-refractivity contribution in [3.8, 4) is 11.5 Å². The first-order valence-corrected chi connectivity index (χ1v) is 12.2. The van der Waals surface area contributed by atoms with E-state index < -0.39 is 0 Å². The minimum absolute atomic E-state index is 0.0729. The Kier molecular flexibility index (Phi) is 9.31. The molecule has 1 atom stereocenters. The lowest BCUT2D eigenvalue weighted by Gasteiger charge is -2.38. The summed E-state index contributed by atoms with van der Waals surface area (Å²) in [6.07, 6.45) is 4.09. The zero-order valence-corrected chi connectivity index (χ0v) is 21.2. The Bertz CT molecular complexity index is 938. The molecule has 5 nitrogen and oxygen atoms in total. The summed E-state index contributed by atoms with van der Waals surface area (Å²) in [6.45, 7) is 5.98. The second kappa shape index (κ2) is 11.8. The maximum atomic E-state index is 10.9. The van der Waals surface area contributed by atoms with Gasteiger partial charge in [-0.3, -0.25) is 0 Å². The van der Waals surface area contributed by atoms with E-state index in [4.69, 9.17) is 49.4 Å². The second-order valence-electron chi connectivity index (χ2n) is 8.61. The number of hydrogen-bond donors (Lipinski definition) is 1. The number of aliphatic hydroxyl groups excluding tert-OH is 1. The topological polar surface area (TPSA) is 59.0 Å². The van der Waals surface area contributed by atoms with E-state index in [0.717, 1.165) is 63.8 Å². The van der Waals surface area contributed by atoms with Gasteiger partial charge >= 0.3 is 0 Å². The highest BCUT2D eigenvalue weighted by Crippen LogP contribution is 2.46. The molecule has 33 heavy (non-hydrogen) atoms. The van der Waals surface area contributed by atoms with Crippen LogP contribution in [0.1, 0.15) is 37.3 Å². The van der Waals surface area contributed by atoms with Crippen LogP contribution in [0.3, 0.4) is 0 Å². The number of nitrogens with zero attached hydrogens (tertiary/aromatic N) is 1. The molecule has 1 saturated heterocycles. The quantitative estimate of drug-likeness (QED) is 0.474. The van der Waals surface area contributed by atoms with E-state index in [0.29, 0.717) is 27.2 Å². The third-order valence-corrected chi connectivity index (χ3v) is 7.36. The van der Waals surface area contributed by atoms with Gasteiger partial charge in [-0.1, -0.05) is 47.8 Å². The summed E-state index contributed by atoms with van der Waals surface area (Å²) in [5.74, 6) is 1.74. The lowest BCUT2D eigenvalue weighted by Crippen LogP contribution is -2.44. The predicted molar refractivity (Wildman–Crippen MR) is 133 cm³/mol. The average molecular weight is 515 g/mol. The van der Waals surface area contributed by atoms with Gasteiger partial charge in [0.1, 0.15) is 24.4 Å². The van der Waals surface area contributed by atoms with Gasteiger partial charge in [-0.05, 0) is 57.1 Å². The predicted octanol–water partition coefficient (Wildman–Crippen LogP) is 5.79. The van der Waals surface area contributed by atoms with Crippen molar-refractivity contribution in [2.75, 3.05) is 33.4 Å². The molecular formula is C25H30Cl3NO4. The molecule has 0 amide bonds. The van der Waals surface area contributed by atoms with Crippen LogP contribution in [0.15, 0.2) is 30.3 Å². The number of aldehydes is 1. The molecule has 0 saturated carbocycles. The van der Waals surface area contributed by atoms with E-state index in [1.54, 1.807) is 12.1 Å². The fourth-order valence-corrected chi connectivity index (χ4v) is 5.31. The maximum Gasteiger partial charge on any atom is 0.126 e. The molecular weight excluding hydrogens is 485 g/mol. The van der Waals surface area contributed by atoms with E-state index in [2.05, 4.69) is 11.0 Å². The van der Waals surface area contributed by atoms with E-state index >= 15 is 0 Å². The molecule has 8 heteroatoms. The molecule has 0 aromatic heterocycles. The molecule has 1 fully saturated rings. The number of carbonyl (C=O) groups is 1. The lowest BCUT2D eigenvalue weighted by atomic mass is 9.74. The minimum atomic E-state index is 0.0729. The molecule has 2 heterocycles. The summed E-state index contributed by atoms with van der Waals surface area (Å²) in [4.78, 5) is 13.3. The van der Waals surface area contributed by atoms with Crippen molar-refractivity contribution in [1.82, 2.24) is 4.90 Å². The number of ether oxygens (including phenoxy) is 2. The molecule has 2 aromatic carbocycles. The Morgan fingerprint density at radius 1 is 1.15 bits per heavy atom. The van der Waals surface area contributed by atoms with Gasteiger partial charge in [0.15, 0.2) is 0 Å². The first kappa shape index (κ1) is 26.1. The molecule has 1 N–H and O–H groups in total. The maximum absolute atomic E-state index is 10.9. The van der Waals surface area contributed by atoms with Gasteiger partial charge in [0, 0.05) is 40.7 Å². The molecule has 0 aliphatic carbocycles. The van der Waals surface area contributed by atoms with Crippen molar-refractivity contribution in [3.05, 3.63) is 56.5 Å². The molecule has 2 aromatic rings. The number of carbonyl (C=O) groups excluding carboxylic acids is 1. The van der Waals surface area contributed by atoms with Crippen molar-refractivity contribution in [1.29, 1.82) is 0 Å². The van der Waals surface area contributed by atoms with Crippen LogP contribution in [-0.2, 0) is 16.8 Å². The molecule has 2 aliphatic heterocycles. The summed E-state index contributed by atoms with van der Waals surface area (Å²) in [5.41, 5.74) is 2.05. The third kappa shape index (κ3) is 6.14. The second-order valence-corrected chi connectivity index (χ2v) is 9.86. The standard InChI is InChI=1S/C24H26Cl3NO3.CH4O/c1-16(13-29)4-7-28-8-5-24(6-9-28)15-31-23-12-18(2-3-20(23)24)30-14-19-21(26)10-17(25)11-22(19)27;1-2/h2-3,10-13,16H,4-9,14-15H2,1H3;2H,1H3. The molecule has 1 unspecified atom stereocenters. The Morgan fingerprint density at radius 2 is 1.82 bits per heavy atom. The van der Waals surface area contributed by atoms with Gasteiger partial charge in [-0.15, -0.1) is 0 Å². The van der Waals surface area contributed by atoms with Crippen molar-refractivity contribution in [2.45, 2.75) is 38.2 Å². The van der Waals surface area contributed by atoms with Crippen LogP contribution in [0, 0.1) is 5.92 Å². The fraction of sp³-hybridized carbons (Fsp3) is 0.480. The molecule has 0 bridgehead atoms. The van der Waals surface area contributed by atoms with Crippen LogP contribution in [0.5, 0.6) is 11.5 Å². The van der Waals surface area contributed by atoms with Crippen LogP contribution in [0.4, 0.5) is 0 Å². The highest BCUT2D eigenvalue weighted by atomic mass is 35.5. The first-order chi connectivity index (χ1) is 15.9. The van der Waals surface area contributed by atoms with E-state index in [-0.39, 0.29) is 17.9 Å². The summed E-state index contributed by atoms with van der Waals surface area (Å²) >= 11 is 18.5. The smallest absolute Gasteiger partial charge is 0.126 e. The Labute approximate surface area is 210 Å². The summed E-state index contributed by atoms with van der Waals surface area (Å²) < 4.78 is 12.0. The van der Waals surface area contributed by atoms with Crippen LogP contribution in [0.25, 0.3) is 0 Å². The van der Waals surface area contributed by atoms with E-state index in [9.17, 15) is 4.79 Å². The van der Waals surface area contributed by atoms with E-state index in [1.165, 1.54) is 5.56 Å². The normalized spacial score (nSPS) is 17.5. The van der Waals surface area contributed by atoms with Crippen molar-refractivity contribution in [2.24, 2.45) is 5.92 Å². The zero-order chi connectivity index (χ0) is 24.0. The highest BCUT2D eigenvalue weighted by molar-refractivity contribution is 6.39. The van der Waals surface area contributed by atoms with Gasteiger partial charge in [-0.2, -0.15) is 0 Å². The Hall–Kier alpha value is -1.50. The number of likely N-dealkylation sites (tertiary alicyclic amines) is 1. The number of benzene rings is 2. The lowest BCUT2D eigenvalue weighted by molar-refractivity contribution is -0.110. The molecule has 4 rings (SSSR count). The minimum Gasteiger partial charge on any atom is -0.492 e. The van der Waals surface area contributed by atoms with Crippen molar-refractivity contribution < 1.29 is 19.4 Å². The van der Waals surface area contributed by atoms with Crippen LogP contribution in [-0.4, -0.2) is 49.6 Å². The number of rotatable bonds is 7. The first-order valence-electron chi connectivity index (χ1n) is 11.1. The number of piperidine rings is 1. The van der Waals surface area contributed by atoms with Gasteiger partial charge in [-0.25, -0.2) is 0 Å². The molecule has 2 aliphatic rings. The van der Waals surface area contributed by atoms with Crippen molar-refractivity contribution in [3.63, 3.8) is 0 Å². The SMILES string of the molecule is CC(C=O)CCN1CCC2(CC1)COc1cc(OCc3c(Cl)cc(Cl)cc3Cl)ccc12.CO. The average Bonchev–Trinajstić information content (AvgIpc) is 3.16. The summed E-state index contributed by atoms with van der Waals surface area (Å²) in [7, 11) is 1.00. The number of fused-ring (bicyclic) bond motifs is 2. The fourth-order valence-electron chi connectivity index (χ4n) is 4.38. The zero-order valence-electron chi connectivity index (χ0n) is 19.0. The molecule has 0 radical (unpaired) electrons. The van der Waals surface area contributed by atoms with Crippen LogP contribution >= 0.6 is 34.8 Å². The van der Waals surface area contributed by atoms with Crippen LogP contribution < -0.4 is 9.47 Å². The third-order valence-electron chi connectivity index (χ3n) is 6.46. The Morgan fingerprint density at radius 3 is 2.45 bits per heavy atom. The largest absolute Gasteiger partial charge is 0.492 e. The highest BCUT2D eigenvalue weighted by Gasteiger charge is 2.43. The summed E-state index contributed by atoms with van der Waals surface area (Å²) in [6, 6.07) is 9.41. The van der Waals surface area contributed by atoms with E-state index in [1.807, 2.05) is 19.1 Å². The van der Waals surface area contributed by atoms with Gasteiger partial charge in [0.05, 0.1) is 16.7 Å². The number of halogens is 3. The van der Waals surface area contributed by atoms with Crippen molar-refractivity contribution >= 4 is 41.1 Å².